The summed E-state index contributed by atoms with van der Waals surface area (Å²) in [6.07, 6.45) is 7.40. The molecule has 2 aliphatic carbocycles. The molecular formula is C21H25Cl2N3O4. The number of carbonyl (C=O) groups excluding carboxylic acids is 1. The summed E-state index contributed by atoms with van der Waals surface area (Å²) < 4.78 is 0. The summed E-state index contributed by atoms with van der Waals surface area (Å²) in [5.74, 6) is -0.210. The molecule has 0 aliphatic heterocycles. The van der Waals surface area contributed by atoms with Crippen molar-refractivity contribution >= 4 is 47.1 Å². The lowest BCUT2D eigenvalue weighted by molar-refractivity contribution is -0.137. The molecule has 30 heavy (non-hydrogen) atoms. The number of benzene rings is 1. The van der Waals surface area contributed by atoms with Crippen LogP contribution in [0.5, 0.6) is 0 Å². The minimum Gasteiger partial charge on any atom is -0.481 e. The van der Waals surface area contributed by atoms with Crippen LogP contribution >= 0.6 is 23.2 Å². The number of unbranched alkanes of at least 4 members (excludes halogenated alkanes) is 1. The minimum atomic E-state index is -0.771. The largest absolute Gasteiger partial charge is 0.481 e. The zero-order chi connectivity index (χ0) is 21.7. The van der Waals surface area contributed by atoms with E-state index in [1.807, 2.05) is 0 Å². The molecule has 162 valence electrons. The fourth-order valence-corrected chi connectivity index (χ4v) is 4.65. The van der Waals surface area contributed by atoms with Gasteiger partial charge in [0, 0.05) is 24.2 Å². The zero-order valence-corrected chi connectivity index (χ0v) is 17.9. The molecule has 0 bridgehead atoms. The number of carboxylic acid groups (broad SMARTS) is 1. The Bertz CT molecular complexity index is 859. The van der Waals surface area contributed by atoms with E-state index >= 15 is 0 Å². The highest BCUT2D eigenvalue weighted by atomic mass is 35.5. The number of carbonyl (C=O) groups is 2. The molecule has 2 saturated carbocycles. The normalized spacial score (nSPS) is 26.8. The number of fused-ring (bicyclic) bond motifs is 1. The van der Waals surface area contributed by atoms with Gasteiger partial charge in [0.15, 0.2) is 0 Å². The lowest BCUT2D eigenvalue weighted by Gasteiger charge is -2.16. The van der Waals surface area contributed by atoms with Crippen LogP contribution in [0.2, 0.25) is 10.0 Å². The monoisotopic (exact) mass is 453 g/mol. The average Bonchev–Trinajstić information content (AvgIpc) is 3.19. The number of aliphatic carboxylic acids is 1. The summed E-state index contributed by atoms with van der Waals surface area (Å²) in [6, 6.07) is 4.25. The van der Waals surface area contributed by atoms with Crippen molar-refractivity contribution in [3.05, 3.63) is 39.9 Å². The number of nitrogens with zero attached hydrogens (tertiary/aromatic N) is 1. The maximum atomic E-state index is 12.0. The Kier molecular flexibility index (Phi) is 7.75. The first-order chi connectivity index (χ1) is 14.3. The van der Waals surface area contributed by atoms with Gasteiger partial charge in [-0.25, -0.2) is 10.2 Å². The van der Waals surface area contributed by atoms with Crippen LogP contribution in [0.3, 0.4) is 0 Å². The number of aliphatic hydroxyl groups is 1. The van der Waals surface area contributed by atoms with Crippen LogP contribution in [0, 0.1) is 17.8 Å². The standard InChI is InChI=1S/C21H25Cl2N3O4/c22-17-6-5-14(10-18(17)23)25-21(30)26-24-11-16-15-8-12(3-1-2-4-20(28)29)7-13(15)9-19(16)27/h3,5-6,10-11,13,15-16,19,27H,1-2,4,7-9H2,(H,28,29)(H2,25,26,30)/b12-3-,24-11+/t13-,15-,16+,19+/m0/s1. The number of hydrogen-bond donors (Lipinski definition) is 4. The smallest absolute Gasteiger partial charge is 0.339 e. The Balaban J connectivity index is 1.50. The van der Waals surface area contributed by atoms with Gasteiger partial charge >= 0.3 is 12.0 Å². The molecule has 9 heteroatoms. The number of halogens is 2. The Labute approximate surface area is 185 Å². The van der Waals surface area contributed by atoms with Crippen molar-refractivity contribution in [2.45, 2.75) is 44.6 Å². The maximum absolute atomic E-state index is 12.0. The van der Waals surface area contributed by atoms with Gasteiger partial charge in [0.2, 0.25) is 0 Å². The number of allylic oxidation sites excluding steroid dienone is 2. The summed E-state index contributed by atoms with van der Waals surface area (Å²) in [5.41, 5.74) is 4.24. The van der Waals surface area contributed by atoms with Crippen molar-refractivity contribution in [3.8, 4) is 0 Å². The van der Waals surface area contributed by atoms with Crippen LogP contribution in [0.4, 0.5) is 10.5 Å². The van der Waals surface area contributed by atoms with Crippen LogP contribution in [-0.2, 0) is 4.79 Å². The van der Waals surface area contributed by atoms with Crippen molar-refractivity contribution in [1.29, 1.82) is 0 Å². The van der Waals surface area contributed by atoms with E-state index < -0.39 is 18.1 Å². The summed E-state index contributed by atoms with van der Waals surface area (Å²) >= 11 is 11.8. The fourth-order valence-electron chi connectivity index (χ4n) is 4.35. The molecule has 0 heterocycles. The number of aliphatic hydroxyl groups excluding tert-OH is 1. The summed E-state index contributed by atoms with van der Waals surface area (Å²) in [5, 5.41) is 26.5. The molecule has 0 aromatic heterocycles. The number of hydrazone groups is 1. The number of rotatable bonds is 7. The van der Waals surface area contributed by atoms with E-state index in [1.54, 1.807) is 24.4 Å². The molecule has 0 unspecified atom stereocenters. The van der Waals surface area contributed by atoms with E-state index in [-0.39, 0.29) is 18.3 Å². The van der Waals surface area contributed by atoms with E-state index in [0.29, 0.717) is 34.5 Å². The number of nitrogens with one attached hydrogen (secondary N) is 2. The summed E-state index contributed by atoms with van der Waals surface area (Å²) in [4.78, 5) is 22.6. The van der Waals surface area contributed by atoms with Gasteiger partial charge in [0.05, 0.1) is 16.1 Å². The quantitative estimate of drug-likeness (QED) is 0.207. The SMILES string of the molecule is O=C(O)CCC/C=C1/C[C@H]2C[C@@H](O)[C@H](/C=N/NC(=O)Nc3ccc(Cl)c(Cl)c3)[C@H]2C1. The third-order valence-electron chi connectivity index (χ3n) is 5.73. The molecule has 2 fully saturated rings. The second-order valence-electron chi connectivity index (χ2n) is 7.83. The molecule has 1 aromatic rings. The van der Waals surface area contributed by atoms with E-state index in [9.17, 15) is 14.7 Å². The highest BCUT2D eigenvalue weighted by molar-refractivity contribution is 6.42. The lowest BCUT2D eigenvalue weighted by atomic mass is 9.92. The second kappa shape index (κ2) is 10.3. The van der Waals surface area contributed by atoms with Crippen LogP contribution in [-0.4, -0.2) is 34.5 Å². The van der Waals surface area contributed by atoms with Gasteiger partial charge in [0.1, 0.15) is 0 Å². The predicted molar refractivity (Wildman–Crippen MR) is 117 cm³/mol. The van der Waals surface area contributed by atoms with Gasteiger partial charge in [-0.2, -0.15) is 5.10 Å². The molecule has 1 aromatic carbocycles. The van der Waals surface area contributed by atoms with E-state index in [4.69, 9.17) is 28.3 Å². The third kappa shape index (κ3) is 5.97. The van der Waals surface area contributed by atoms with Crippen molar-refractivity contribution in [2.75, 3.05) is 5.32 Å². The van der Waals surface area contributed by atoms with Gasteiger partial charge in [-0.1, -0.05) is 34.9 Å². The van der Waals surface area contributed by atoms with Gasteiger partial charge < -0.3 is 15.5 Å². The molecule has 0 spiro atoms. The van der Waals surface area contributed by atoms with Crippen molar-refractivity contribution in [1.82, 2.24) is 5.43 Å². The fraction of sp³-hybridized carbons (Fsp3) is 0.476. The molecule has 4 N–H and O–H groups in total. The van der Waals surface area contributed by atoms with Gasteiger partial charge in [-0.15, -0.1) is 0 Å². The molecule has 7 nitrogen and oxygen atoms in total. The van der Waals surface area contributed by atoms with E-state index in [2.05, 4.69) is 21.9 Å². The van der Waals surface area contributed by atoms with Crippen molar-refractivity contribution in [3.63, 3.8) is 0 Å². The number of urea groups is 1. The van der Waals surface area contributed by atoms with Crippen molar-refractivity contribution < 1.29 is 19.8 Å². The summed E-state index contributed by atoms with van der Waals surface area (Å²) in [7, 11) is 0. The Morgan fingerprint density at radius 1 is 1.23 bits per heavy atom. The minimum absolute atomic E-state index is 0.120. The molecule has 2 aliphatic rings. The topological polar surface area (TPSA) is 111 Å². The van der Waals surface area contributed by atoms with Crippen LogP contribution in [0.25, 0.3) is 0 Å². The first-order valence-electron chi connectivity index (χ1n) is 9.96. The van der Waals surface area contributed by atoms with Gasteiger partial charge in [-0.05, 0) is 62.1 Å². The van der Waals surface area contributed by atoms with E-state index in [1.165, 1.54) is 5.57 Å². The van der Waals surface area contributed by atoms with Crippen LogP contribution in [0.1, 0.15) is 38.5 Å². The Morgan fingerprint density at radius 2 is 2.03 bits per heavy atom. The highest BCUT2D eigenvalue weighted by Gasteiger charge is 2.45. The zero-order valence-electron chi connectivity index (χ0n) is 16.4. The van der Waals surface area contributed by atoms with Gasteiger partial charge in [0.25, 0.3) is 0 Å². The molecule has 0 saturated heterocycles. The first-order valence-corrected chi connectivity index (χ1v) is 10.7. The maximum Gasteiger partial charge on any atom is 0.339 e. The number of amides is 2. The number of anilines is 1. The molecule has 4 atom stereocenters. The number of carboxylic acids is 1. The highest BCUT2D eigenvalue weighted by Crippen LogP contribution is 2.49. The molecular weight excluding hydrogens is 429 g/mol. The molecule has 2 amide bonds. The Morgan fingerprint density at radius 3 is 2.77 bits per heavy atom. The number of hydrogen-bond acceptors (Lipinski definition) is 4. The van der Waals surface area contributed by atoms with E-state index in [0.717, 1.165) is 19.3 Å². The summed E-state index contributed by atoms with van der Waals surface area (Å²) in [6.45, 7) is 0. The molecule has 0 radical (unpaired) electrons. The third-order valence-corrected chi connectivity index (χ3v) is 6.47. The average molecular weight is 454 g/mol. The lowest BCUT2D eigenvalue weighted by Crippen LogP contribution is -2.27. The first kappa shape index (κ1) is 22.6. The Hall–Kier alpha value is -2.09. The van der Waals surface area contributed by atoms with Crippen molar-refractivity contribution in [2.24, 2.45) is 22.9 Å². The van der Waals surface area contributed by atoms with Crippen LogP contribution < -0.4 is 10.7 Å². The van der Waals surface area contributed by atoms with Crippen LogP contribution in [0.15, 0.2) is 34.9 Å². The predicted octanol–water partition coefficient (Wildman–Crippen LogP) is 4.69. The second-order valence-corrected chi connectivity index (χ2v) is 8.65. The molecule has 3 rings (SSSR count). The van der Waals surface area contributed by atoms with Gasteiger partial charge in [-0.3, -0.25) is 4.79 Å².